The van der Waals surface area contributed by atoms with Crippen LogP contribution in [-0.2, 0) is 0 Å². The second-order valence-electron chi connectivity index (χ2n) is 6.28. The quantitative estimate of drug-likeness (QED) is 0.863. The minimum atomic E-state index is -0.333. The van der Waals surface area contributed by atoms with Gasteiger partial charge in [-0.15, -0.1) is 0 Å². The molecular formula is C16H25N3O2. The molecule has 1 aliphatic rings. The van der Waals surface area contributed by atoms with Crippen molar-refractivity contribution in [3.63, 3.8) is 0 Å². The predicted molar refractivity (Wildman–Crippen MR) is 83.4 cm³/mol. The molecule has 0 bridgehead atoms. The van der Waals surface area contributed by atoms with Crippen molar-refractivity contribution in [3.8, 4) is 0 Å². The number of nitrogens with one attached hydrogen (secondary N) is 2. The first-order chi connectivity index (χ1) is 10.1. The Morgan fingerprint density at radius 1 is 1.52 bits per heavy atom. The van der Waals surface area contributed by atoms with Gasteiger partial charge in [0.15, 0.2) is 0 Å². The average Bonchev–Trinajstić information content (AvgIpc) is 2.45. The zero-order valence-corrected chi connectivity index (χ0v) is 12.9. The third-order valence-corrected chi connectivity index (χ3v) is 3.84. The van der Waals surface area contributed by atoms with E-state index in [1.165, 1.54) is 12.6 Å². The number of piperidine rings is 1. The zero-order chi connectivity index (χ0) is 15.2. The lowest BCUT2D eigenvalue weighted by molar-refractivity contribution is 0.0927. The summed E-state index contributed by atoms with van der Waals surface area (Å²) in [6.07, 6.45) is 3.85. The number of hydrogen-bond acceptors (Lipinski definition) is 3. The van der Waals surface area contributed by atoms with Crippen molar-refractivity contribution in [1.82, 2.24) is 15.2 Å². The topological polar surface area (TPSA) is 65.2 Å². The molecule has 116 valence electrons. The smallest absolute Gasteiger partial charge is 0.260 e. The second kappa shape index (κ2) is 7.41. The lowest BCUT2D eigenvalue weighted by atomic mass is 9.97. The molecular weight excluding hydrogens is 266 g/mol. The summed E-state index contributed by atoms with van der Waals surface area (Å²) >= 11 is 0. The summed E-state index contributed by atoms with van der Waals surface area (Å²) in [7, 11) is 0. The number of carbonyl (C=O) groups is 1. The summed E-state index contributed by atoms with van der Waals surface area (Å²) in [4.78, 5) is 28.6. The molecule has 2 heterocycles. The van der Waals surface area contributed by atoms with Crippen molar-refractivity contribution >= 4 is 5.91 Å². The highest BCUT2D eigenvalue weighted by Crippen LogP contribution is 2.16. The van der Waals surface area contributed by atoms with Crippen molar-refractivity contribution in [1.29, 1.82) is 0 Å². The number of hydrogen-bond donors (Lipinski definition) is 2. The molecule has 1 aromatic rings. The Balaban J connectivity index is 1.84. The maximum absolute atomic E-state index is 12.0. The van der Waals surface area contributed by atoms with E-state index in [9.17, 15) is 9.59 Å². The Hall–Kier alpha value is -1.62. The largest absolute Gasteiger partial charge is 0.352 e. The Morgan fingerprint density at radius 2 is 2.33 bits per heavy atom. The molecule has 1 saturated heterocycles. The molecule has 1 aliphatic heterocycles. The molecule has 5 heteroatoms. The molecule has 2 rings (SSSR count). The van der Waals surface area contributed by atoms with E-state index >= 15 is 0 Å². The number of carbonyl (C=O) groups excluding carboxylic acids is 1. The Bertz CT molecular complexity index is 524. The van der Waals surface area contributed by atoms with Crippen LogP contribution >= 0.6 is 0 Å². The number of likely N-dealkylation sites (tertiary alicyclic amines) is 1. The zero-order valence-electron chi connectivity index (χ0n) is 12.9. The fraction of sp³-hybridized carbons (Fsp3) is 0.625. The molecule has 5 nitrogen and oxygen atoms in total. The second-order valence-corrected chi connectivity index (χ2v) is 6.28. The van der Waals surface area contributed by atoms with E-state index < -0.39 is 0 Å². The van der Waals surface area contributed by atoms with Crippen LogP contribution < -0.4 is 10.9 Å². The molecule has 21 heavy (non-hydrogen) atoms. The first-order valence-corrected chi connectivity index (χ1v) is 7.74. The van der Waals surface area contributed by atoms with Gasteiger partial charge in [0.2, 0.25) is 0 Å². The van der Waals surface area contributed by atoms with Crippen LogP contribution in [0, 0.1) is 11.8 Å². The minimum Gasteiger partial charge on any atom is -0.352 e. The van der Waals surface area contributed by atoms with Gasteiger partial charge in [0, 0.05) is 25.8 Å². The van der Waals surface area contributed by atoms with Crippen molar-refractivity contribution in [2.45, 2.75) is 26.7 Å². The number of aromatic nitrogens is 1. The molecule has 1 amide bonds. The molecule has 2 N–H and O–H groups in total. The Kier molecular flexibility index (Phi) is 5.56. The van der Waals surface area contributed by atoms with Crippen LogP contribution in [0.1, 0.15) is 37.0 Å². The summed E-state index contributed by atoms with van der Waals surface area (Å²) in [6.45, 7) is 8.40. The van der Waals surface area contributed by atoms with Gasteiger partial charge in [0.05, 0.1) is 0 Å². The summed E-state index contributed by atoms with van der Waals surface area (Å²) in [5, 5.41) is 2.90. The van der Waals surface area contributed by atoms with Gasteiger partial charge in [-0.1, -0.05) is 13.8 Å². The highest BCUT2D eigenvalue weighted by Gasteiger charge is 2.21. The monoisotopic (exact) mass is 291 g/mol. The summed E-state index contributed by atoms with van der Waals surface area (Å²) in [5.41, 5.74) is -0.146. The fourth-order valence-electron chi connectivity index (χ4n) is 2.93. The molecule has 0 saturated carbocycles. The van der Waals surface area contributed by atoms with Crippen LogP contribution in [0.15, 0.2) is 23.1 Å². The third kappa shape index (κ3) is 4.70. The number of rotatable bonds is 5. The van der Waals surface area contributed by atoms with Crippen molar-refractivity contribution < 1.29 is 4.79 Å². The first-order valence-electron chi connectivity index (χ1n) is 7.74. The van der Waals surface area contributed by atoms with Gasteiger partial charge in [0.1, 0.15) is 5.56 Å². The Morgan fingerprint density at radius 3 is 3.05 bits per heavy atom. The van der Waals surface area contributed by atoms with E-state index in [0.717, 1.165) is 26.1 Å². The third-order valence-electron chi connectivity index (χ3n) is 3.84. The van der Waals surface area contributed by atoms with Crippen LogP contribution in [0.4, 0.5) is 0 Å². The van der Waals surface area contributed by atoms with Crippen molar-refractivity contribution in [2.24, 2.45) is 11.8 Å². The van der Waals surface area contributed by atoms with Gasteiger partial charge in [-0.3, -0.25) is 9.59 Å². The molecule has 0 spiro atoms. The van der Waals surface area contributed by atoms with Gasteiger partial charge >= 0.3 is 0 Å². The molecule has 1 atom stereocenters. The highest BCUT2D eigenvalue weighted by atomic mass is 16.2. The number of aromatic amines is 1. The molecule has 0 radical (unpaired) electrons. The predicted octanol–water partition coefficient (Wildman–Crippen LogP) is 1.47. The maximum atomic E-state index is 12.0. The normalized spacial score (nSPS) is 19.7. The average molecular weight is 291 g/mol. The van der Waals surface area contributed by atoms with E-state index in [0.29, 0.717) is 18.4 Å². The first kappa shape index (κ1) is 15.8. The van der Waals surface area contributed by atoms with Crippen LogP contribution in [0.5, 0.6) is 0 Å². The SMILES string of the molecule is CC(C)CN1CCC[C@H](CNC(=O)c2ccc[nH]c2=O)C1. The van der Waals surface area contributed by atoms with Crippen LogP contribution in [0.3, 0.4) is 0 Å². The van der Waals surface area contributed by atoms with Crippen LogP contribution in [0.2, 0.25) is 0 Å². The van der Waals surface area contributed by atoms with Gasteiger partial charge < -0.3 is 15.2 Å². The van der Waals surface area contributed by atoms with E-state index in [4.69, 9.17) is 0 Å². The fourth-order valence-corrected chi connectivity index (χ4v) is 2.93. The standard InChI is InChI=1S/C16H25N3O2/c1-12(2)10-19-8-4-5-13(11-19)9-18-16(21)14-6-3-7-17-15(14)20/h3,6-7,12-13H,4-5,8-11H2,1-2H3,(H,17,20)(H,18,21)/t13-/m1/s1. The Labute approximate surface area is 125 Å². The van der Waals surface area contributed by atoms with Crippen molar-refractivity contribution in [2.75, 3.05) is 26.2 Å². The molecule has 1 fully saturated rings. The van der Waals surface area contributed by atoms with Crippen LogP contribution in [0.25, 0.3) is 0 Å². The van der Waals surface area contributed by atoms with Gasteiger partial charge in [0.25, 0.3) is 11.5 Å². The lowest BCUT2D eigenvalue weighted by Gasteiger charge is -2.33. The number of nitrogens with zero attached hydrogens (tertiary/aromatic N) is 1. The number of H-pyrrole nitrogens is 1. The molecule has 1 aromatic heterocycles. The van der Waals surface area contributed by atoms with Gasteiger partial charge in [-0.25, -0.2) is 0 Å². The lowest BCUT2D eigenvalue weighted by Crippen LogP contribution is -2.42. The molecule has 0 aliphatic carbocycles. The summed E-state index contributed by atoms with van der Waals surface area (Å²) in [5.74, 6) is 0.864. The molecule has 0 unspecified atom stereocenters. The number of amides is 1. The van der Waals surface area contributed by atoms with Gasteiger partial charge in [-0.05, 0) is 43.4 Å². The van der Waals surface area contributed by atoms with E-state index in [1.807, 2.05) is 0 Å². The summed E-state index contributed by atoms with van der Waals surface area (Å²) < 4.78 is 0. The van der Waals surface area contributed by atoms with E-state index in [-0.39, 0.29) is 17.0 Å². The van der Waals surface area contributed by atoms with Gasteiger partial charge in [-0.2, -0.15) is 0 Å². The van der Waals surface area contributed by atoms with Crippen molar-refractivity contribution in [3.05, 3.63) is 34.2 Å². The number of pyridine rings is 1. The maximum Gasteiger partial charge on any atom is 0.260 e. The highest BCUT2D eigenvalue weighted by molar-refractivity contribution is 5.93. The van der Waals surface area contributed by atoms with E-state index in [2.05, 4.69) is 29.0 Å². The summed E-state index contributed by atoms with van der Waals surface area (Å²) in [6, 6.07) is 3.22. The molecule has 0 aromatic carbocycles. The van der Waals surface area contributed by atoms with E-state index in [1.54, 1.807) is 12.1 Å². The van der Waals surface area contributed by atoms with Crippen LogP contribution in [-0.4, -0.2) is 42.0 Å². The minimum absolute atomic E-state index is 0.187.